The molecule has 3 heteroatoms. The predicted octanol–water partition coefficient (Wildman–Crippen LogP) is 4.01. The second-order valence-corrected chi connectivity index (χ2v) is 8.59. The van der Waals surface area contributed by atoms with Crippen molar-refractivity contribution in [3.05, 3.63) is 0 Å². The Morgan fingerprint density at radius 1 is 1.18 bits per heavy atom. The van der Waals surface area contributed by atoms with Gasteiger partial charge in [0.1, 0.15) is 6.10 Å². The number of fused-ring (bicyclic) bond motifs is 2. The summed E-state index contributed by atoms with van der Waals surface area (Å²) in [7, 11) is 0. The summed E-state index contributed by atoms with van der Waals surface area (Å²) >= 11 is 0. The molecule has 0 unspecified atom stereocenters. The first-order valence-electron chi connectivity index (χ1n) is 9.35. The molecular weight excluding hydrogens is 274 g/mol. The minimum absolute atomic E-state index is 0.0339. The number of piperidine rings is 1. The van der Waals surface area contributed by atoms with Crippen molar-refractivity contribution in [2.24, 2.45) is 16.7 Å². The number of carbonyl (C=O) groups is 1. The van der Waals surface area contributed by atoms with Crippen LogP contribution in [0, 0.1) is 16.7 Å². The monoisotopic (exact) mass is 307 g/mol. The Kier molecular flexibility index (Phi) is 4.55. The van der Waals surface area contributed by atoms with E-state index in [4.69, 9.17) is 4.74 Å². The van der Waals surface area contributed by atoms with Gasteiger partial charge in [0.15, 0.2) is 0 Å². The Balaban J connectivity index is 1.43. The van der Waals surface area contributed by atoms with Crippen LogP contribution < -0.4 is 0 Å². The lowest BCUT2D eigenvalue weighted by Gasteiger charge is -2.38. The molecule has 126 valence electrons. The van der Waals surface area contributed by atoms with Crippen LogP contribution in [-0.4, -0.2) is 36.6 Å². The second-order valence-electron chi connectivity index (χ2n) is 8.59. The predicted molar refractivity (Wildman–Crippen MR) is 88.6 cm³/mol. The summed E-state index contributed by atoms with van der Waals surface area (Å²) in [6, 6.07) is 0. The lowest BCUT2D eigenvalue weighted by Crippen LogP contribution is -2.38. The first-order valence-corrected chi connectivity index (χ1v) is 9.35. The summed E-state index contributed by atoms with van der Waals surface area (Å²) in [5.41, 5.74) is 0.520. The molecule has 0 radical (unpaired) electrons. The van der Waals surface area contributed by atoms with Crippen molar-refractivity contribution >= 4 is 5.97 Å². The standard InChI is InChI=1S/C19H33NO2/c1-18(2)15-9-10-19(18,3)16(14-15)22-17(21)8-7-13-20-11-5-4-6-12-20/h15-16H,4-14H2,1-3H3/t15-,16+,19+/m0/s1. The fourth-order valence-corrected chi connectivity index (χ4v) is 5.16. The van der Waals surface area contributed by atoms with Gasteiger partial charge in [0, 0.05) is 11.8 Å². The lowest BCUT2D eigenvalue weighted by atomic mass is 9.70. The fourth-order valence-electron chi connectivity index (χ4n) is 5.16. The van der Waals surface area contributed by atoms with Gasteiger partial charge in [-0.15, -0.1) is 0 Å². The minimum Gasteiger partial charge on any atom is -0.462 e. The van der Waals surface area contributed by atoms with Crippen molar-refractivity contribution in [3.8, 4) is 0 Å². The molecule has 2 saturated carbocycles. The third kappa shape index (κ3) is 2.81. The number of carbonyl (C=O) groups excluding carboxylic acids is 1. The molecular formula is C19H33NO2. The normalized spacial score (nSPS) is 37.4. The number of nitrogens with zero attached hydrogens (tertiary/aromatic N) is 1. The first kappa shape index (κ1) is 16.3. The van der Waals surface area contributed by atoms with Gasteiger partial charge in [0.05, 0.1) is 0 Å². The maximum absolute atomic E-state index is 12.2. The number of hydrogen-bond donors (Lipinski definition) is 0. The molecule has 0 amide bonds. The van der Waals surface area contributed by atoms with E-state index in [1.54, 1.807) is 0 Å². The molecule has 2 aliphatic carbocycles. The highest BCUT2D eigenvalue weighted by molar-refractivity contribution is 5.69. The Bertz CT molecular complexity index is 414. The van der Waals surface area contributed by atoms with Gasteiger partial charge in [-0.25, -0.2) is 0 Å². The van der Waals surface area contributed by atoms with Crippen LogP contribution in [-0.2, 0) is 9.53 Å². The Morgan fingerprint density at radius 2 is 1.91 bits per heavy atom. The van der Waals surface area contributed by atoms with Crippen molar-refractivity contribution in [2.75, 3.05) is 19.6 Å². The number of hydrogen-bond acceptors (Lipinski definition) is 3. The van der Waals surface area contributed by atoms with Gasteiger partial charge >= 0.3 is 5.97 Å². The molecule has 22 heavy (non-hydrogen) atoms. The average molecular weight is 307 g/mol. The summed E-state index contributed by atoms with van der Waals surface area (Å²) in [6.07, 6.45) is 9.33. The maximum atomic E-state index is 12.2. The van der Waals surface area contributed by atoms with Crippen LogP contribution in [0.5, 0.6) is 0 Å². The van der Waals surface area contributed by atoms with E-state index in [0.717, 1.165) is 25.3 Å². The van der Waals surface area contributed by atoms with Crippen molar-refractivity contribution in [2.45, 2.75) is 78.2 Å². The average Bonchev–Trinajstić information content (AvgIpc) is 2.82. The summed E-state index contributed by atoms with van der Waals surface area (Å²) in [6.45, 7) is 10.6. The van der Waals surface area contributed by atoms with E-state index in [-0.39, 0.29) is 17.5 Å². The van der Waals surface area contributed by atoms with Gasteiger partial charge in [-0.05, 0) is 69.5 Å². The molecule has 3 rings (SSSR count). The molecule has 3 nitrogen and oxygen atoms in total. The fraction of sp³-hybridized carbons (Fsp3) is 0.947. The summed E-state index contributed by atoms with van der Waals surface area (Å²) in [5.74, 6) is 0.773. The lowest BCUT2D eigenvalue weighted by molar-refractivity contribution is -0.157. The molecule has 0 aromatic heterocycles. The molecule has 3 fully saturated rings. The van der Waals surface area contributed by atoms with E-state index in [2.05, 4.69) is 25.7 Å². The molecule has 0 aromatic rings. The minimum atomic E-state index is 0.0339. The number of likely N-dealkylation sites (tertiary alicyclic amines) is 1. The first-order chi connectivity index (χ1) is 10.4. The Labute approximate surface area is 135 Å². The smallest absolute Gasteiger partial charge is 0.306 e. The summed E-state index contributed by atoms with van der Waals surface area (Å²) in [5, 5.41) is 0. The van der Waals surface area contributed by atoms with E-state index in [0.29, 0.717) is 11.8 Å². The molecule has 1 heterocycles. The van der Waals surface area contributed by atoms with E-state index in [1.165, 1.54) is 45.2 Å². The van der Waals surface area contributed by atoms with Crippen LogP contribution in [0.4, 0.5) is 0 Å². The van der Waals surface area contributed by atoms with Crippen LogP contribution in [0.1, 0.15) is 72.1 Å². The highest BCUT2D eigenvalue weighted by Crippen LogP contribution is 2.66. The van der Waals surface area contributed by atoms with Crippen LogP contribution in [0.15, 0.2) is 0 Å². The zero-order valence-electron chi connectivity index (χ0n) is 14.7. The van der Waals surface area contributed by atoms with E-state index in [9.17, 15) is 4.79 Å². The topological polar surface area (TPSA) is 29.5 Å². The van der Waals surface area contributed by atoms with Crippen LogP contribution in [0.3, 0.4) is 0 Å². The van der Waals surface area contributed by atoms with Crippen molar-refractivity contribution in [3.63, 3.8) is 0 Å². The van der Waals surface area contributed by atoms with E-state index >= 15 is 0 Å². The molecule has 0 N–H and O–H groups in total. The zero-order chi connectivity index (χ0) is 15.8. The van der Waals surface area contributed by atoms with Crippen molar-refractivity contribution < 1.29 is 9.53 Å². The molecule has 3 atom stereocenters. The Hall–Kier alpha value is -0.570. The van der Waals surface area contributed by atoms with Gasteiger partial charge in [0.2, 0.25) is 0 Å². The third-order valence-corrected chi connectivity index (χ3v) is 7.29. The van der Waals surface area contributed by atoms with Crippen molar-refractivity contribution in [1.29, 1.82) is 0 Å². The van der Waals surface area contributed by atoms with E-state index < -0.39 is 0 Å². The number of ether oxygens (including phenoxy) is 1. The van der Waals surface area contributed by atoms with Crippen LogP contribution >= 0.6 is 0 Å². The van der Waals surface area contributed by atoms with Gasteiger partial charge < -0.3 is 9.64 Å². The van der Waals surface area contributed by atoms with Crippen molar-refractivity contribution in [1.82, 2.24) is 4.90 Å². The summed E-state index contributed by atoms with van der Waals surface area (Å²) < 4.78 is 5.92. The van der Waals surface area contributed by atoms with Gasteiger partial charge in [-0.1, -0.05) is 27.2 Å². The van der Waals surface area contributed by atoms with Gasteiger partial charge in [-0.3, -0.25) is 4.79 Å². The molecule has 2 bridgehead atoms. The van der Waals surface area contributed by atoms with Crippen LogP contribution in [0.25, 0.3) is 0 Å². The molecule has 1 aliphatic heterocycles. The molecule has 0 aromatic carbocycles. The zero-order valence-corrected chi connectivity index (χ0v) is 14.7. The Morgan fingerprint density at radius 3 is 2.50 bits per heavy atom. The molecule has 1 saturated heterocycles. The largest absolute Gasteiger partial charge is 0.462 e. The van der Waals surface area contributed by atoms with Crippen LogP contribution in [0.2, 0.25) is 0 Å². The van der Waals surface area contributed by atoms with Gasteiger partial charge in [-0.2, -0.15) is 0 Å². The number of esters is 1. The second kappa shape index (κ2) is 6.14. The third-order valence-electron chi connectivity index (χ3n) is 7.29. The quantitative estimate of drug-likeness (QED) is 0.719. The maximum Gasteiger partial charge on any atom is 0.306 e. The molecule has 0 spiro atoms. The molecule has 3 aliphatic rings. The highest BCUT2D eigenvalue weighted by atomic mass is 16.5. The number of rotatable bonds is 5. The highest BCUT2D eigenvalue weighted by Gasteiger charge is 2.62. The summed E-state index contributed by atoms with van der Waals surface area (Å²) in [4.78, 5) is 14.7. The van der Waals surface area contributed by atoms with E-state index in [1.807, 2.05) is 0 Å². The SMILES string of the molecule is CC1(C)[C@H]2CC[C@]1(C)[C@H](OC(=O)CCCN1CCCCC1)C2. The van der Waals surface area contributed by atoms with Gasteiger partial charge in [0.25, 0.3) is 0 Å².